The van der Waals surface area contributed by atoms with Crippen LogP contribution in [0.2, 0.25) is 0 Å². The van der Waals surface area contributed by atoms with Crippen molar-refractivity contribution in [1.29, 1.82) is 0 Å². The Morgan fingerprint density at radius 1 is 1.56 bits per heavy atom. The molecular weight excluding hydrogens is 204 g/mol. The molecule has 0 aromatic heterocycles. The number of aryl methyl sites for hydroxylation is 1. The first kappa shape index (κ1) is 11.0. The fourth-order valence-electron chi connectivity index (χ4n) is 1.84. The van der Waals surface area contributed by atoms with E-state index >= 15 is 0 Å². The van der Waals surface area contributed by atoms with Crippen LogP contribution < -0.4 is 15.8 Å². The molecule has 1 aliphatic rings. The molecule has 1 unspecified atom stereocenters. The number of amides is 1. The lowest BCUT2D eigenvalue weighted by Crippen LogP contribution is -2.22. The van der Waals surface area contributed by atoms with Crippen molar-refractivity contribution in [2.45, 2.75) is 19.4 Å². The number of primary amides is 1. The molecule has 1 saturated heterocycles. The largest absolute Gasteiger partial charge is 0.488 e. The van der Waals surface area contributed by atoms with Gasteiger partial charge in [-0.2, -0.15) is 0 Å². The molecule has 2 rings (SSSR count). The monoisotopic (exact) mass is 220 g/mol. The second-order valence-corrected chi connectivity index (χ2v) is 4.10. The van der Waals surface area contributed by atoms with Crippen molar-refractivity contribution < 1.29 is 9.53 Å². The summed E-state index contributed by atoms with van der Waals surface area (Å²) in [7, 11) is 0. The zero-order chi connectivity index (χ0) is 11.5. The molecule has 1 atom stereocenters. The molecule has 0 aliphatic carbocycles. The molecule has 1 aromatic rings. The van der Waals surface area contributed by atoms with Crippen LogP contribution >= 0.6 is 0 Å². The summed E-state index contributed by atoms with van der Waals surface area (Å²) in [5.74, 6) is 0.155. The molecule has 0 saturated carbocycles. The normalized spacial score (nSPS) is 19.7. The predicted molar refractivity (Wildman–Crippen MR) is 61.6 cm³/mol. The van der Waals surface area contributed by atoms with Gasteiger partial charge in [0, 0.05) is 6.54 Å². The number of carbonyl (C=O) groups excluding carboxylic acids is 1. The molecule has 1 amide bonds. The average molecular weight is 220 g/mol. The number of benzene rings is 1. The van der Waals surface area contributed by atoms with Crippen molar-refractivity contribution in [3.63, 3.8) is 0 Å². The van der Waals surface area contributed by atoms with E-state index in [2.05, 4.69) is 5.32 Å². The van der Waals surface area contributed by atoms with Crippen LogP contribution in [0.3, 0.4) is 0 Å². The third-order valence-corrected chi connectivity index (χ3v) is 2.71. The van der Waals surface area contributed by atoms with Gasteiger partial charge in [0.25, 0.3) is 5.91 Å². The number of rotatable bonds is 3. The Morgan fingerprint density at radius 2 is 2.38 bits per heavy atom. The van der Waals surface area contributed by atoms with Gasteiger partial charge in [-0.15, -0.1) is 0 Å². The van der Waals surface area contributed by atoms with E-state index in [9.17, 15) is 4.79 Å². The standard InChI is InChI=1S/C12H16N2O2/c1-8-2-3-10(12(13)15)11(6-8)16-9-4-5-14-7-9/h2-3,6,9,14H,4-5,7H2,1H3,(H2,13,15). The van der Waals surface area contributed by atoms with Gasteiger partial charge in [0.15, 0.2) is 0 Å². The minimum absolute atomic E-state index is 0.139. The van der Waals surface area contributed by atoms with Crippen LogP contribution in [0, 0.1) is 6.92 Å². The molecule has 1 fully saturated rings. The molecule has 3 N–H and O–H groups in total. The van der Waals surface area contributed by atoms with E-state index in [1.54, 1.807) is 6.07 Å². The van der Waals surface area contributed by atoms with E-state index in [0.717, 1.165) is 25.1 Å². The molecule has 0 spiro atoms. The summed E-state index contributed by atoms with van der Waals surface area (Å²) in [4.78, 5) is 11.2. The van der Waals surface area contributed by atoms with E-state index in [1.807, 2.05) is 19.1 Å². The van der Waals surface area contributed by atoms with E-state index in [0.29, 0.717) is 11.3 Å². The Hall–Kier alpha value is -1.55. The number of ether oxygens (including phenoxy) is 1. The van der Waals surface area contributed by atoms with Crippen molar-refractivity contribution in [1.82, 2.24) is 5.32 Å². The van der Waals surface area contributed by atoms with Gasteiger partial charge in [-0.05, 0) is 37.6 Å². The highest BCUT2D eigenvalue weighted by Gasteiger charge is 2.18. The smallest absolute Gasteiger partial charge is 0.252 e. The third kappa shape index (κ3) is 2.33. The second kappa shape index (κ2) is 4.53. The van der Waals surface area contributed by atoms with Crippen LogP contribution in [0.25, 0.3) is 0 Å². The average Bonchev–Trinajstić information content (AvgIpc) is 2.70. The molecule has 4 heteroatoms. The highest BCUT2D eigenvalue weighted by Crippen LogP contribution is 2.22. The zero-order valence-corrected chi connectivity index (χ0v) is 9.32. The number of hydrogen-bond acceptors (Lipinski definition) is 3. The first-order valence-electron chi connectivity index (χ1n) is 5.44. The maximum atomic E-state index is 11.2. The van der Waals surface area contributed by atoms with Gasteiger partial charge < -0.3 is 15.8 Å². The lowest BCUT2D eigenvalue weighted by molar-refractivity contribution is 0.0994. The second-order valence-electron chi connectivity index (χ2n) is 4.10. The molecule has 0 radical (unpaired) electrons. The van der Waals surface area contributed by atoms with Gasteiger partial charge in [0.05, 0.1) is 5.56 Å². The number of carbonyl (C=O) groups is 1. The Bertz CT molecular complexity index is 398. The Kier molecular flexibility index (Phi) is 3.10. The summed E-state index contributed by atoms with van der Waals surface area (Å²) in [6.45, 7) is 3.75. The first-order valence-corrected chi connectivity index (χ1v) is 5.44. The quantitative estimate of drug-likeness (QED) is 0.793. The molecule has 0 bridgehead atoms. The third-order valence-electron chi connectivity index (χ3n) is 2.71. The highest BCUT2D eigenvalue weighted by molar-refractivity contribution is 5.95. The van der Waals surface area contributed by atoms with Crippen molar-refractivity contribution in [2.24, 2.45) is 5.73 Å². The molecule has 86 valence electrons. The van der Waals surface area contributed by atoms with E-state index in [4.69, 9.17) is 10.5 Å². The summed E-state index contributed by atoms with van der Waals surface area (Å²) in [6, 6.07) is 5.44. The Labute approximate surface area is 94.8 Å². The van der Waals surface area contributed by atoms with Gasteiger partial charge in [-0.3, -0.25) is 4.79 Å². The molecular formula is C12H16N2O2. The predicted octanol–water partition coefficient (Wildman–Crippen LogP) is 0.835. The number of nitrogens with two attached hydrogens (primary N) is 1. The van der Waals surface area contributed by atoms with Crippen LogP contribution in [0.15, 0.2) is 18.2 Å². The van der Waals surface area contributed by atoms with Gasteiger partial charge in [0.1, 0.15) is 11.9 Å². The van der Waals surface area contributed by atoms with Crippen LogP contribution in [-0.2, 0) is 0 Å². The van der Waals surface area contributed by atoms with E-state index < -0.39 is 5.91 Å². The van der Waals surface area contributed by atoms with Crippen LogP contribution in [0.1, 0.15) is 22.3 Å². The maximum Gasteiger partial charge on any atom is 0.252 e. The maximum absolute atomic E-state index is 11.2. The molecule has 1 heterocycles. The van der Waals surface area contributed by atoms with Crippen molar-refractivity contribution in [3.05, 3.63) is 29.3 Å². The van der Waals surface area contributed by atoms with E-state index in [-0.39, 0.29) is 6.10 Å². The number of hydrogen-bond donors (Lipinski definition) is 2. The summed E-state index contributed by atoms with van der Waals surface area (Å²) in [6.07, 6.45) is 1.10. The van der Waals surface area contributed by atoms with Crippen molar-refractivity contribution in [2.75, 3.05) is 13.1 Å². The van der Waals surface area contributed by atoms with Crippen LogP contribution in [0.5, 0.6) is 5.75 Å². The van der Waals surface area contributed by atoms with Gasteiger partial charge >= 0.3 is 0 Å². The lowest BCUT2D eigenvalue weighted by atomic mass is 10.1. The van der Waals surface area contributed by atoms with Crippen LogP contribution in [-0.4, -0.2) is 25.1 Å². The zero-order valence-electron chi connectivity index (χ0n) is 9.32. The topological polar surface area (TPSA) is 64.4 Å². The molecule has 1 aromatic carbocycles. The highest BCUT2D eigenvalue weighted by atomic mass is 16.5. The first-order chi connectivity index (χ1) is 7.66. The Morgan fingerprint density at radius 3 is 3.00 bits per heavy atom. The number of nitrogens with one attached hydrogen (secondary N) is 1. The van der Waals surface area contributed by atoms with Gasteiger partial charge in [0.2, 0.25) is 0 Å². The summed E-state index contributed by atoms with van der Waals surface area (Å²) >= 11 is 0. The van der Waals surface area contributed by atoms with Gasteiger partial charge in [-0.1, -0.05) is 6.07 Å². The summed E-state index contributed by atoms with van der Waals surface area (Å²) in [5, 5.41) is 3.21. The van der Waals surface area contributed by atoms with Crippen LogP contribution in [0.4, 0.5) is 0 Å². The summed E-state index contributed by atoms with van der Waals surface area (Å²) in [5.41, 5.74) is 6.82. The fraction of sp³-hybridized carbons (Fsp3) is 0.417. The SMILES string of the molecule is Cc1ccc(C(N)=O)c(OC2CCNC2)c1. The minimum atomic E-state index is -0.444. The Balaban J connectivity index is 2.22. The van der Waals surface area contributed by atoms with E-state index in [1.165, 1.54) is 0 Å². The molecule has 16 heavy (non-hydrogen) atoms. The lowest BCUT2D eigenvalue weighted by Gasteiger charge is -2.15. The van der Waals surface area contributed by atoms with Gasteiger partial charge in [-0.25, -0.2) is 0 Å². The van der Waals surface area contributed by atoms with Crippen molar-refractivity contribution in [3.8, 4) is 5.75 Å². The fourth-order valence-corrected chi connectivity index (χ4v) is 1.84. The minimum Gasteiger partial charge on any atom is -0.488 e. The molecule has 4 nitrogen and oxygen atoms in total. The molecule has 1 aliphatic heterocycles. The van der Waals surface area contributed by atoms with Crippen molar-refractivity contribution >= 4 is 5.91 Å². The summed E-state index contributed by atoms with van der Waals surface area (Å²) < 4.78 is 5.79.